The Morgan fingerprint density at radius 2 is 1.12 bits per heavy atom. The SMILES string of the molecule is CCC[C@@H](C)C1CC[C@@]2(C)C3CC=C4C(CC[C@H](O[C@@H]5O[C@H](CO)[C@@H](O)[C@H](O)[C@H]5O)C4(C)C)[C@]3(C)[C@H](O)C[C@]12C.CC[C@H]1O[C@H](OC[C@H]2O[C@@H](O[C@H](C)C(C)(C)O)[C@H](O[C@H]3O[C@@H](CO)[C@H](O)[C@@H](O)[C@@H]3O)[C@@H](O)[C@@H]2O)[C@H](O)[C@@H](O)[C@@H]1O. The van der Waals surface area contributed by atoms with Gasteiger partial charge in [0, 0.05) is 10.8 Å². The average Bonchev–Trinajstić information content (AvgIpc) is 3.90. The topological polar surface area (TPSA) is 377 Å². The first-order valence-corrected chi connectivity index (χ1v) is 29.3. The van der Waals surface area contributed by atoms with Crippen LogP contribution in [0.1, 0.15) is 134 Å². The zero-order valence-electron chi connectivity index (χ0n) is 48.6. The Bertz CT molecular complexity index is 2020. The summed E-state index contributed by atoms with van der Waals surface area (Å²) >= 11 is 0. The molecule has 466 valence electrons. The normalized spacial score (nSPS) is 50.2. The molecule has 0 radical (unpaired) electrons. The molecule has 0 spiro atoms. The molecule has 23 nitrogen and oxygen atoms in total. The summed E-state index contributed by atoms with van der Waals surface area (Å²) in [5, 5.41) is 155. The summed E-state index contributed by atoms with van der Waals surface area (Å²) in [6, 6.07) is 0. The highest BCUT2D eigenvalue weighted by Crippen LogP contribution is 2.75. The maximum atomic E-state index is 12.1. The van der Waals surface area contributed by atoms with E-state index in [0.29, 0.717) is 24.2 Å². The molecule has 0 amide bonds. The Balaban J connectivity index is 0.000000231. The van der Waals surface area contributed by atoms with Crippen LogP contribution in [-0.2, 0) is 37.9 Å². The van der Waals surface area contributed by atoms with E-state index in [-0.39, 0.29) is 39.8 Å². The molecule has 8 aliphatic rings. The van der Waals surface area contributed by atoms with Crippen molar-refractivity contribution in [3.8, 4) is 0 Å². The fourth-order valence-corrected chi connectivity index (χ4v) is 15.5. The van der Waals surface area contributed by atoms with Crippen LogP contribution >= 0.6 is 0 Å². The van der Waals surface area contributed by atoms with Crippen LogP contribution in [0.2, 0.25) is 0 Å². The van der Waals surface area contributed by atoms with Gasteiger partial charge in [-0.2, -0.15) is 0 Å². The van der Waals surface area contributed by atoms with Crippen LogP contribution in [0.5, 0.6) is 0 Å². The van der Waals surface area contributed by atoms with E-state index in [1.807, 2.05) is 0 Å². The van der Waals surface area contributed by atoms with Gasteiger partial charge in [-0.3, -0.25) is 0 Å². The lowest BCUT2D eigenvalue weighted by Crippen LogP contribution is -2.65. The van der Waals surface area contributed by atoms with Gasteiger partial charge >= 0.3 is 0 Å². The van der Waals surface area contributed by atoms with Crippen molar-refractivity contribution in [2.75, 3.05) is 19.8 Å². The number of hydrogen-bond acceptors (Lipinski definition) is 23. The minimum absolute atomic E-state index is 0.134. The third-order valence-electron chi connectivity index (χ3n) is 21.1. The van der Waals surface area contributed by atoms with Crippen molar-refractivity contribution < 1.29 is 114 Å². The van der Waals surface area contributed by atoms with E-state index in [9.17, 15) is 76.6 Å². The van der Waals surface area contributed by atoms with Crippen molar-refractivity contribution in [3.05, 3.63) is 11.6 Å². The molecular formula is C57H100O23. The van der Waals surface area contributed by atoms with Gasteiger partial charge < -0.3 is 114 Å². The number of rotatable bonds is 16. The van der Waals surface area contributed by atoms with Crippen molar-refractivity contribution in [1.29, 1.82) is 0 Å². The number of aliphatic hydroxyl groups excluding tert-OH is 14. The summed E-state index contributed by atoms with van der Waals surface area (Å²) in [7, 11) is 0. The van der Waals surface area contributed by atoms with Crippen LogP contribution in [-0.4, -0.2) is 243 Å². The fraction of sp³-hybridized carbons (Fsp3) is 0.965. The van der Waals surface area contributed by atoms with E-state index in [0.717, 1.165) is 25.7 Å². The summed E-state index contributed by atoms with van der Waals surface area (Å²) < 4.78 is 45.7. The van der Waals surface area contributed by atoms with Crippen LogP contribution in [0.15, 0.2) is 11.6 Å². The maximum Gasteiger partial charge on any atom is 0.187 e. The molecule has 0 aromatic heterocycles. The number of fused-ring (bicyclic) bond motifs is 5. The first-order valence-electron chi connectivity index (χ1n) is 29.3. The monoisotopic (exact) mass is 1150 g/mol. The molecule has 0 aromatic rings. The van der Waals surface area contributed by atoms with E-state index in [2.05, 4.69) is 54.5 Å². The second kappa shape index (κ2) is 25.6. The Morgan fingerprint density at radius 3 is 1.66 bits per heavy atom. The summed E-state index contributed by atoms with van der Waals surface area (Å²) in [4.78, 5) is 0. The standard InChI is InChI=1S/C33H56O7.C24H44O16/c1-8-9-18(2)19-14-15-31(5)23-12-10-20-21(33(23,7)24(35)16-32(19,31)6)11-13-25(30(20,3)4)40-29-28(38)27(37)26(36)22(17-34)39-29;1-5-9-12(26)15(29)18(32)21(37-9)35-7-11-14(28)17(31)20(23(39-11)36-8(2)24(3,4)34)40-22-19(33)16(30)13(27)10(6-25)38-22/h10,18-19,21-29,34-38H,8-9,11-17H2,1-7H3;8-23,25-34H,5-7H2,1-4H3/t18-,19?,21?,22-,23?,24-,25+,26-,27+,28-,29+,31+,32-,33+;8-,9-,10+,11-,12-,13+,14-,15+,16-,17+,18-,19+,20-,21+,22-,23-/m11/s1. The second-order valence-corrected chi connectivity index (χ2v) is 26.5. The van der Waals surface area contributed by atoms with Crippen molar-refractivity contribution in [3.63, 3.8) is 0 Å². The lowest BCUT2D eigenvalue weighted by molar-refractivity contribution is -0.379. The van der Waals surface area contributed by atoms with Crippen molar-refractivity contribution >= 4 is 0 Å². The molecule has 4 aliphatic carbocycles. The second-order valence-electron chi connectivity index (χ2n) is 26.5. The van der Waals surface area contributed by atoms with Crippen molar-refractivity contribution in [2.24, 2.45) is 45.3 Å². The predicted molar refractivity (Wildman–Crippen MR) is 282 cm³/mol. The van der Waals surface area contributed by atoms with E-state index in [1.165, 1.54) is 52.0 Å². The molecule has 4 aliphatic heterocycles. The van der Waals surface area contributed by atoms with Gasteiger partial charge in [0.1, 0.15) is 91.6 Å². The molecule has 80 heavy (non-hydrogen) atoms. The van der Waals surface area contributed by atoms with Crippen LogP contribution in [0.3, 0.4) is 0 Å². The first kappa shape index (κ1) is 66.3. The molecule has 3 unspecified atom stereocenters. The minimum atomic E-state index is -1.83. The lowest BCUT2D eigenvalue weighted by Gasteiger charge is -2.67. The van der Waals surface area contributed by atoms with E-state index < -0.39 is 154 Å². The van der Waals surface area contributed by atoms with Gasteiger partial charge in [0.05, 0.1) is 49.8 Å². The smallest absolute Gasteiger partial charge is 0.187 e. The molecular weight excluding hydrogens is 1050 g/mol. The molecule has 4 saturated heterocycles. The quantitative estimate of drug-likeness (QED) is 0.0842. The molecule has 0 bridgehead atoms. The Morgan fingerprint density at radius 1 is 0.613 bits per heavy atom. The number of hydrogen-bond donors (Lipinski definition) is 15. The molecule has 0 aromatic carbocycles. The molecule has 8 rings (SSSR count). The van der Waals surface area contributed by atoms with E-state index in [4.69, 9.17) is 37.9 Å². The summed E-state index contributed by atoms with van der Waals surface area (Å²) in [6.07, 6.45) is -19.8. The molecule has 3 saturated carbocycles. The van der Waals surface area contributed by atoms with Crippen LogP contribution in [0.4, 0.5) is 0 Å². The molecule has 4 heterocycles. The number of aliphatic hydroxyl groups is 15. The maximum absolute atomic E-state index is 12.1. The van der Waals surface area contributed by atoms with Crippen LogP contribution < -0.4 is 0 Å². The largest absolute Gasteiger partial charge is 0.394 e. The van der Waals surface area contributed by atoms with Crippen molar-refractivity contribution in [2.45, 2.75) is 281 Å². The van der Waals surface area contributed by atoms with Gasteiger partial charge in [-0.25, -0.2) is 0 Å². The highest BCUT2D eigenvalue weighted by Gasteiger charge is 2.70. The number of ether oxygens (including phenoxy) is 8. The third-order valence-corrected chi connectivity index (χ3v) is 21.1. The zero-order valence-corrected chi connectivity index (χ0v) is 48.6. The summed E-state index contributed by atoms with van der Waals surface area (Å²) in [5.74, 6) is 2.00. The average molecular weight is 1150 g/mol. The van der Waals surface area contributed by atoms with Crippen LogP contribution in [0.25, 0.3) is 0 Å². The number of allylic oxidation sites excluding steroid dienone is 1. The Labute approximate surface area is 470 Å². The Hall–Kier alpha value is -1.18. The first-order chi connectivity index (χ1) is 37.3. The van der Waals surface area contributed by atoms with Gasteiger partial charge in [-0.05, 0) is 100 Å². The van der Waals surface area contributed by atoms with Gasteiger partial charge in [-0.1, -0.05) is 79.9 Å². The van der Waals surface area contributed by atoms with Crippen molar-refractivity contribution in [1.82, 2.24) is 0 Å². The Kier molecular flexibility index (Phi) is 21.3. The summed E-state index contributed by atoms with van der Waals surface area (Å²) in [6.45, 7) is 20.9. The minimum Gasteiger partial charge on any atom is -0.394 e. The predicted octanol–water partition coefficient (Wildman–Crippen LogP) is -0.788. The summed E-state index contributed by atoms with van der Waals surface area (Å²) in [5.41, 5.74) is -0.348. The highest BCUT2D eigenvalue weighted by atomic mass is 16.8. The zero-order chi connectivity index (χ0) is 59.5. The fourth-order valence-electron chi connectivity index (χ4n) is 15.5. The van der Waals surface area contributed by atoms with Crippen LogP contribution in [0, 0.1) is 45.3 Å². The molecule has 7 fully saturated rings. The van der Waals surface area contributed by atoms with E-state index in [1.54, 1.807) is 6.92 Å². The lowest BCUT2D eigenvalue weighted by atomic mass is 9.38. The van der Waals surface area contributed by atoms with Gasteiger partial charge in [0.25, 0.3) is 0 Å². The van der Waals surface area contributed by atoms with Gasteiger partial charge in [-0.15, -0.1) is 0 Å². The highest BCUT2D eigenvalue weighted by molar-refractivity contribution is 5.32. The third kappa shape index (κ3) is 12.1. The molecule has 23 heteroatoms. The molecule has 30 atom stereocenters. The van der Waals surface area contributed by atoms with Gasteiger partial charge in [0.2, 0.25) is 0 Å². The van der Waals surface area contributed by atoms with Gasteiger partial charge in [0.15, 0.2) is 25.2 Å². The van der Waals surface area contributed by atoms with E-state index >= 15 is 0 Å². The molecule has 15 N–H and O–H groups in total.